The summed E-state index contributed by atoms with van der Waals surface area (Å²) in [6.07, 6.45) is 19.5. The van der Waals surface area contributed by atoms with Crippen LogP contribution < -0.4 is 40.2 Å². The van der Waals surface area contributed by atoms with Crippen LogP contribution >= 0.6 is 62.3 Å². The number of rotatable bonds is 8. The van der Waals surface area contributed by atoms with Crippen molar-refractivity contribution in [1.29, 1.82) is 0 Å². The fourth-order valence-corrected chi connectivity index (χ4v) is 8.38. The summed E-state index contributed by atoms with van der Waals surface area (Å²) in [7, 11) is 0. The number of alkyl carbamates (subject to hydrolysis) is 1. The molecule has 405 valence electrons. The molecule has 7 heterocycles. The molecule has 3 amide bonds. The quantitative estimate of drug-likeness (QED) is 0.127. The van der Waals surface area contributed by atoms with Gasteiger partial charge < -0.3 is 21.5 Å². The first-order valence-corrected chi connectivity index (χ1v) is 26.9. The molecule has 21 heteroatoms. The zero-order valence-electron chi connectivity index (χ0n) is 46.4. The zero-order chi connectivity index (χ0) is 54.3. The second-order valence-electron chi connectivity index (χ2n) is 20.7. The Bertz CT molecular complexity index is 2420. The fraction of sp³-hybridized carbons (Fsp3) is 0.537. The number of halogens is 5. The summed E-state index contributed by atoms with van der Waals surface area (Å²) in [5, 5.41) is 8.73. The van der Waals surface area contributed by atoms with Gasteiger partial charge in [0.15, 0.2) is 5.78 Å². The van der Waals surface area contributed by atoms with Crippen molar-refractivity contribution in [2.45, 2.75) is 138 Å². The van der Waals surface area contributed by atoms with Crippen molar-refractivity contribution in [1.82, 2.24) is 35.5 Å². The third kappa shape index (κ3) is 29.9. The molecule has 7 rings (SSSR count). The van der Waals surface area contributed by atoms with Gasteiger partial charge in [-0.25, -0.2) is 14.5 Å². The topological polar surface area (TPSA) is 178 Å². The number of aromatic nitrogens is 4. The van der Waals surface area contributed by atoms with E-state index in [0.717, 1.165) is 52.6 Å². The summed E-state index contributed by atoms with van der Waals surface area (Å²) in [6, 6.07) is 7.78. The number of piperidine rings is 2. The van der Waals surface area contributed by atoms with Crippen molar-refractivity contribution < 1.29 is 59.6 Å². The summed E-state index contributed by atoms with van der Waals surface area (Å²) in [6.45, 7) is 22.3. The molecule has 2 fully saturated rings. The van der Waals surface area contributed by atoms with Crippen LogP contribution in [0.4, 0.5) is 9.59 Å². The smallest absolute Gasteiger partial charge is 1.00 e. The molecule has 14 nitrogen and oxygen atoms in total. The van der Waals surface area contributed by atoms with E-state index in [0.29, 0.717) is 70.9 Å². The van der Waals surface area contributed by atoms with E-state index in [9.17, 15) is 19.2 Å². The van der Waals surface area contributed by atoms with Crippen molar-refractivity contribution in [3.8, 4) is 0 Å². The second-order valence-corrected chi connectivity index (χ2v) is 23.4. The number of likely N-dealkylation sites (tertiary alicyclic amines) is 1. The molecule has 2 N–H and O–H groups in total. The van der Waals surface area contributed by atoms with Gasteiger partial charge in [0.05, 0.1) is 20.1 Å². The molecule has 3 aliphatic heterocycles. The van der Waals surface area contributed by atoms with Gasteiger partial charge >= 0.3 is 41.7 Å². The largest absolute Gasteiger partial charge is 1.00 e. The maximum absolute atomic E-state index is 12.0. The van der Waals surface area contributed by atoms with Gasteiger partial charge in [-0.2, -0.15) is 0 Å². The van der Waals surface area contributed by atoms with Gasteiger partial charge in [-0.1, -0.05) is 74.1 Å². The molecule has 4 aromatic rings. The van der Waals surface area contributed by atoms with Crippen LogP contribution in [0.5, 0.6) is 0 Å². The zero-order valence-corrected chi connectivity index (χ0v) is 52.0. The van der Waals surface area contributed by atoms with Gasteiger partial charge in [0.25, 0.3) is 0 Å². The summed E-state index contributed by atoms with van der Waals surface area (Å²) in [5.74, 6) is 1.92. The molecule has 0 bridgehead atoms. The number of hydrogen-bond acceptors (Lipinski definition) is 12. The minimum absolute atomic E-state index is 0. The second kappa shape index (κ2) is 35.3. The predicted molar refractivity (Wildman–Crippen MR) is 304 cm³/mol. The number of hydrogen-bond donors (Lipinski definition) is 2. The van der Waals surface area contributed by atoms with Crippen molar-refractivity contribution in [3.05, 3.63) is 115 Å². The van der Waals surface area contributed by atoms with E-state index >= 15 is 0 Å². The summed E-state index contributed by atoms with van der Waals surface area (Å²) >= 11 is 26.4. The summed E-state index contributed by atoms with van der Waals surface area (Å²) in [5.41, 5.74) is 2.90. The summed E-state index contributed by atoms with van der Waals surface area (Å²) in [4.78, 5) is 68.3. The standard InChI is InChI=1S/C16H23ClN2O3.C11H15ClN2.C11H13ClN2.C11H19NO3.C5H3BrClN.B.Na.H/c1-11(8-19-15(21)22-16(2,3)4)5-6-14(20)12-7-13(17)10-18-9-12;2*1-8-2-3-11(14-5-8)9-4-10(12)7-13-6-9;1-8-5-6-9(13)12(7-8)10(14)15-11(2,3)4;6-4-1-5(7)3-8-2-4;;;/h7,9-11H,5-6,8H2,1-4H3,(H,19,21);4,6-8,11,14H,2-3,5H2,1H3;4,6-8H,2-3,5H2,1H3;8H,5-7H2,1-4H3;1-3H;;;/q;;;;;;+1;-1/t;8-,11+;;;;;;/m.0....../s1. The number of nitrogens with zero attached hydrogens (tertiary/aromatic N) is 6. The van der Waals surface area contributed by atoms with Crippen LogP contribution in [0.2, 0.25) is 20.1 Å². The van der Waals surface area contributed by atoms with Crippen LogP contribution in [-0.4, -0.2) is 100 Å². The monoisotopic (exact) mass is 1180 g/mol. The van der Waals surface area contributed by atoms with E-state index < -0.39 is 23.4 Å². The fourth-order valence-electron chi connectivity index (χ4n) is 7.18. The van der Waals surface area contributed by atoms with Crippen molar-refractivity contribution in [2.24, 2.45) is 28.7 Å². The molecule has 0 spiro atoms. The minimum Gasteiger partial charge on any atom is -1.00 e. The molecule has 3 unspecified atom stereocenters. The first-order chi connectivity index (χ1) is 34.3. The van der Waals surface area contributed by atoms with Crippen LogP contribution in [0.25, 0.3) is 0 Å². The number of pyridine rings is 4. The van der Waals surface area contributed by atoms with E-state index in [1.165, 1.54) is 42.1 Å². The molecule has 3 radical (unpaired) electrons. The number of ether oxygens (including phenoxy) is 2. The van der Waals surface area contributed by atoms with Gasteiger partial charge in [-0.05, 0) is 156 Å². The molecule has 5 atom stereocenters. The number of ketones is 1. The maximum atomic E-state index is 12.0. The molecular formula is C54H74BBrCl4N8NaO6. The Morgan fingerprint density at radius 3 is 1.85 bits per heavy atom. The average molecular weight is 1190 g/mol. The van der Waals surface area contributed by atoms with Crippen LogP contribution in [0.15, 0.2) is 83.3 Å². The first kappa shape index (κ1) is 69.8. The van der Waals surface area contributed by atoms with Crippen LogP contribution in [-0.2, 0) is 14.3 Å². The number of Topliss-reactive ketones (excluding diaryl/α,β-unsaturated/α-hetero) is 1. The Balaban J connectivity index is 0.000000941. The molecule has 2 saturated heterocycles. The molecule has 0 aliphatic carbocycles. The Labute approximate surface area is 499 Å². The van der Waals surface area contributed by atoms with Crippen molar-refractivity contribution in [3.63, 3.8) is 0 Å². The number of carbonyl (C=O) groups excluding carboxylic acids is 4. The number of amides is 3. The van der Waals surface area contributed by atoms with Gasteiger partial charge in [0.2, 0.25) is 5.91 Å². The first-order valence-electron chi connectivity index (χ1n) is 24.6. The number of imide groups is 1. The number of carbonyl (C=O) groups is 4. The molecule has 4 aromatic heterocycles. The van der Waals surface area contributed by atoms with E-state index in [-0.39, 0.29) is 57.0 Å². The van der Waals surface area contributed by atoms with Crippen LogP contribution in [0, 0.1) is 23.7 Å². The van der Waals surface area contributed by atoms with Crippen molar-refractivity contribution >= 4 is 100 Å². The van der Waals surface area contributed by atoms with Crippen molar-refractivity contribution in [2.75, 3.05) is 26.2 Å². The molecule has 75 heavy (non-hydrogen) atoms. The third-order valence-corrected chi connectivity index (χ3v) is 12.4. The number of nitrogens with one attached hydrogen (secondary N) is 2. The van der Waals surface area contributed by atoms with E-state index in [1.807, 2.05) is 59.1 Å². The summed E-state index contributed by atoms with van der Waals surface area (Å²) < 4.78 is 11.2. The molecule has 3 aliphatic rings. The Morgan fingerprint density at radius 1 is 0.760 bits per heavy atom. The third-order valence-electron chi connectivity index (χ3n) is 11.1. The molecule has 0 aromatic carbocycles. The average Bonchev–Trinajstić information content (AvgIpc) is 3.31. The van der Waals surface area contributed by atoms with E-state index in [2.05, 4.69) is 65.3 Å². The SMILES string of the molecule is CC(CCC(=O)c1cncc(Cl)c1)CNC(=O)OC(C)(C)C.CC1CCC(=O)N(C(=O)OC(C)(C)C)C1.CC1CCC(c2cncc(Cl)c2)=NC1.C[C@H]1CC[C@H](c2cncc(Cl)c2)NC1.Clc1cncc(Br)c1.[B].[H-].[Na+]. The van der Waals surface area contributed by atoms with E-state index in [4.69, 9.17) is 55.9 Å². The van der Waals surface area contributed by atoms with Gasteiger partial charge in [0.1, 0.15) is 11.2 Å². The Hall–Kier alpha value is -3.19. The van der Waals surface area contributed by atoms with Gasteiger partial charge in [-0.15, -0.1) is 0 Å². The maximum Gasteiger partial charge on any atom is 1.00 e. The van der Waals surface area contributed by atoms with Crippen LogP contribution in [0.3, 0.4) is 0 Å². The molecule has 0 saturated carbocycles. The minimum atomic E-state index is -0.544. The molecular weight excluding hydrogens is 1110 g/mol. The Morgan fingerprint density at radius 2 is 1.33 bits per heavy atom. The predicted octanol–water partition coefficient (Wildman–Crippen LogP) is 11.0. The van der Waals surface area contributed by atoms with Crippen LogP contribution in [0.1, 0.15) is 150 Å². The van der Waals surface area contributed by atoms with Gasteiger partial charge in [0, 0.05) is 118 Å². The van der Waals surface area contributed by atoms with Gasteiger partial charge in [-0.3, -0.25) is 34.5 Å². The normalized spacial score (nSPS) is 18.5. The Kier molecular flexibility index (Phi) is 32.9. The van der Waals surface area contributed by atoms with E-state index in [1.54, 1.807) is 57.7 Å². The number of aliphatic imine (C=N–C) groups is 1.